The summed E-state index contributed by atoms with van der Waals surface area (Å²) in [6, 6.07) is 17.9. The second kappa shape index (κ2) is 10.6. The third kappa shape index (κ3) is 4.84. The fourth-order valence-electron chi connectivity index (χ4n) is 3.96. The van der Waals surface area contributed by atoms with Gasteiger partial charge in [-0.05, 0) is 23.0 Å². The quantitative estimate of drug-likeness (QED) is 0.241. The summed E-state index contributed by atoms with van der Waals surface area (Å²) in [6.45, 7) is 4.91. The predicted octanol–water partition coefficient (Wildman–Crippen LogP) is 4.55. The SMILES string of the molecule is C=CC/C=C1\C(=O)N2[C@@H](C(=O)OC(c3ccccc3)c3ccccc3)C(COC(C)=O)=CS[C@H]12. The predicted molar refractivity (Wildman–Crippen MR) is 130 cm³/mol. The number of amides is 1. The van der Waals surface area contributed by atoms with Crippen molar-refractivity contribution in [2.45, 2.75) is 30.9 Å². The maximum absolute atomic E-state index is 13.6. The van der Waals surface area contributed by atoms with Crippen LogP contribution in [0.25, 0.3) is 0 Å². The van der Waals surface area contributed by atoms with Crippen LogP contribution in [0.4, 0.5) is 0 Å². The molecule has 0 N–H and O–H groups in total. The van der Waals surface area contributed by atoms with Crippen LogP contribution < -0.4 is 0 Å². The highest BCUT2D eigenvalue weighted by molar-refractivity contribution is 8.03. The Morgan fingerprint density at radius 3 is 2.26 bits per heavy atom. The molecule has 1 amide bonds. The van der Waals surface area contributed by atoms with Gasteiger partial charge in [0.2, 0.25) is 0 Å². The van der Waals surface area contributed by atoms with Gasteiger partial charge in [-0.25, -0.2) is 4.79 Å². The molecule has 0 aliphatic carbocycles. The second-order valence-corrected chi connectivity index (χ2v) is 8.85. The van der Waals surface area contributed by atoms with Crippen molar-refractivity contribution >= 4 is 29.6 Å². The number of carbonyl (C=O) groups is 3. The van der Waals surface area contributed by atoms with E-state index in [1.807, 2.05) is 66.7 Å². The van der Waals surface area contributed by atoms with Gasteiger partial charge in [0.25, 0.3) is 5.91 Å². The molecule has 2 aromatic rings. The summed E-state index contributed by atoms with van der Waals surface area (Å²) in [5, 5.41) is 1.50. The third-order valence-corrected chi connectivity index (χ3v) is 6.76. The number of β-lactam (4-membered cyclic amide) rings is 1. The zero-order valence-corrected chi connectivity index (χ0v) is 19.6. The van der Waals surface area contributed by atoms with Crippen LogP contribution in [0.15, 0.2) is 95.9 Å². The Bertz CT molecular complexity index is 1100. The van der Waals surface area contributed by atoms with Crippen LogP contribution in [0.5, 0.6) is 0 Å². The minimum atomic E-state index is -0.978. The molecule has 0 bridgehead atoms. The zero-order valence-electron chi connectivity index (χ0n) is 18.8. The number of rotatable bonds is 8. The van der Waals surface area contributed by atoms with Crippen molar-refractivity contribution < 1.29 is 23.9 Å². The molecular formula is C27H25NO5S. The van der Waals surface area contributed by atoms with Gasteiger partial charge in [0.05, 0.1) is 0 Å². The highest BCUT2D eigenvalue weighted by Gasteiger charge is 2.52. The van der Waals surface area contributed by atoms with Crippen molar-refractivity contribution in [2.75, 3.05) is 6.61 Å². The summed E-state index contributed by atoms with van der Waals surface area (Å²) in [6.07, 6.45) is 3.46. The number of ether oxygens (including phenoxy) is 2. The Balaban J connectivity index is 1.65. The molecule has 34 heavy (non-hydrogen) atoms. The largest absolute Gasteiger partial charge is 0.461 e. The lowest BCUT2D eigenvalue weighted by atomic mass is 9.96. The summed E-state index contributed by atoms with van der Waals surface area (Å²) in [7, 11) is 0. The fraction of sp³-hybridized carbons (Fsp3) is 0.222. The highest BCUT2D eigenvalue weighted by Crippen LogP contribution is 2.44. The smallest absolute Gasteiger partial charge is 0.334 e. The van der Waals surface area contributed by atoms with Crippen LogP contribution in [0.1, 0.15) is 30.6 Å². The summed E-state index contributed by atoms with van der Waals surface area (Å²) in [5.74, 6) is -1.27. The number of thioether (sulfide) groups is 1. The number of hydrogen-bond acceptors (Lipinski definition) is 6. The van der Waals surface area contributed by atoms with Crippen LogP contribution in [-0.4, -0.2) is 40.8 Å². The number of carbonyl (C=O) groups excluding carboxylic acids is 3. The molecule has 0 aromatic heterocycles. The van der Waals surface area contributed by atoms with E-state index in [1.54, 1.807) is 11.5 Å². The maximum Gasteiger partial charge on any atom is 0.334 e. The number of hydrogen-bond donors (Lipinski definition) is 0. The first-order chi connectivity index (χ1) is 16.5. The summed E-state index contributed by atoms with van der Waals surface area (Å²) >= 11 is 1.41. The van der Waals surface area contributed by atoms with E-state index in [0.29, 0.717) is 17.6 Å². The van der Waals surface area contributed by atoms with Gasteiger partial charge in [0.15, 0.2) is 12.1 Å². The van der Waals surface area contributed by atoms with Crippen LogP contribution in [0, 0.1) is 0 Å². The minimum absolute atomic E-state index is 0.0916. The van der Waals surface area contributed by atoms with Crippen LogP contribution in [0.3, 0.4) is 0 Å². The second-order valence-electron chi connectivity index (χ2n) is 7.90. The molecule has 6 nitrogen and oxygen atoms in total. The van der Waals surface area contributed by atoms with Crippen LogP contribution >= 0.6 is 11.8 Å². The summed E-state index contributed by atoms with van der Waals surface area (Å²) in [4.78, 5) is 39.6. The minimum Gasteiger partial charge on any atom is -0.461 e. The topological polar surface area (TPSA) is 72.9 Å². The number of esters is 2. The molecule has 2 aliphatic rings. The van der Waals surface area contributed by atoms with E-state index in [1.165, 1.54) is 23.6 Å². The first-order valence-electron chi connectivity index (χ1n) is 10.9. The van der Waals surface area contributed by atoms with E-state index < -0.39 is 24.1 Å². The molecule has 7 heteroatoms. The molecule has 0 saturated carbocycles. The Morgan fingerprint density at radius 1 is 1.09 bits per heavy atom. The molecule has 2 heterocycles. The van der Waals surface area contributed by atoms with Gasteiger partial charge in [0.1, 0.15) is 12.0 Å². The zero-order chi connectivity index (χ0) is 24.1. The van der Waals surface area contributed by atoms with Gasteiger partial charge in [-0.15, -0.1) is 18.3 Å². The average molecular weight is 476 g/mol. The molecule has 4 rings (SSSR count). The van der Waals surface area contributed by atoms with Crippen molar-refractivity contribution in [1.82, 2.24) is 4.90 Å². The molecule has 1 fully saturated rings. The molecule has 1 saturated heterocycles. The number of allylic oxidation sites excluding steroid dienone is 2. The van der Waals surface area contributed by atoms with Crippen molar-refractivity contribution in [3.63, 3.8) is 0 Å². The summed E-state index contributed by atoms with van der Waals surface area (Å²) in [5.41, 5.74) is 2.78. The van der Waals surface area contributed by atoms with E-state index in [4.69, 9.17) is 9.47 Å². The van der Waals surface area contributed by atoms with E-state index in [-0.39, 0.29) is 17.9 Å². The van der Waals surface area contributed by atoms with Gasteiger partial charge in [-0.1, -0.05) is 72.8 Å². The standard InChI is InChI=1S/C27H25NO5S/c1-3-4-15-22-25(30)28-23(21(16-32-18(2)29)17-34-26(22)28)27(31)33-24(19-11-7-5-8-12-19)20-13-9-6-10-14-20/h3,5-15,17,23-24,26H,1,4,16H2,2H3/b22-15+/t23-,26-/m1/s1. The van der Waals surface area contributed by atoms with Gasteiger partial charge < -0.3 is 14.4 Å². The van der Waals surface area contributed by atoms with Crippen molar-refractivity contribution in [2.24, 2.45) is 0 Å². The van der Waals surface area contributed by atoms with Gasteiger partial charge in [-0.2, -0.15) is 0 Å². The molecule has 0 spiro atoms. The van der Waals surface area contributed by atoms with E-state index >= 15 is 0 Å². The highest BCUT2D eigenvalue weighted by atomic mass is 32.2. The lowest BCUT2D eigenvalue weighted by molar-refractivity contribution is -0.159. The first-order valence-corrected chi connectivity index (χ1v) is 11.9. The Hall–Kier alpha value is -3.58. The summed E-state index contributed by atoms with van der Waals surface area (Å²) < 4.78 is 11.2. The van der Waals surface area contributed by atoms with Crippen LogP contribution in [0.2, 0.25) is 0 Å². The fourth-order valence-corrected chi connectivity index (χ4v) is 5.15. The lowest BCUT2D eigenvalue weighted by Gasteiger charge is -2.48. The molecule has 2 atom stereocenters. The Kier molecular flexibility index (Phi) is 7.33. The number of nitrogens with zero attached hydrogens (tertiary/aromatic N) is 1. The first kappa shape index (κ1) is 23.6. The van der Waals surface area contributed by atoms with Gasteiger partial charge in [-0.3, -0.25) is 9.59 Å². The van der Waals surface area contributed by atoms with E-state index in [2.05, 4.69) is 6.58 Å². The third-order valence-electron chi connectivity index (χ3n) is 5.59. The van der Waals surface area contributed by atoms with Gasteiger partial charge >= 0.3 is 11.9 Å². The molecular weight excluding hydrogens is 450 g/mol. The lowest BCUT2D eigenvalue weighted by Crippen LogP contribution is -2.62. The monoisotopic (exact) mass is 475 g/mol. The van der Waals surface area contributed by atoms with E-state index in [9.17, 15) is 14.4 Å². The number of fused-ring (bicyclic) bond motifs is 1. The van der Waals surface area contributed by atoms with Gasteiger partial charge in [0, 0.05) is 18.1 Å². The molecule has 2 aliphatic heterocycles. The van der Waals surface area contributed by atoms with Crippen molar-refractivity contribution in [3.8, 4) is 0 Å². The Morgan fingerprint density at radius 2 is 1.71 bits per heavy atom. The molecule has 2 aromatic carbocycles. The molecule has 0 unspecified atom stereocenters. The Labute approximate surface area is 202 Å². The number of benzene rings is 2. The molecule has 0 radical (unpaired) electrons. The van der Waals surface area contributed by atoms with Crippen LogP contribution in [-0.2, 0) is 23.9 Å². The normalized spacial score (nSPS) is 20.3. The maximum atomic E-state index is 13.6. The average Bonchev–Trinajstić information content (AvgIpc) is 2.86. The van der Waals surface area contributed by atoms with Crippen molar-refractivity contribution in [1.29, 1.82) is 0 Å². The molecule has 174 valence electrons. The van der Waals surface area contributed by atoms with E-state index in [0.717, 1.165) is 11.1 Å². The van der Waals surface area contributed by atoms with Crippen molar-refractivity contribution in [3.05, 3.63) is 107 Å².